The highest BCUT2D eigenvalue weighted by atomic mass is 19.3. The quantitative estimate of drug-likeness (QED) is 0.841. The van der Waals surface area contributed by atoms with Crippen molar-refractivity contribution in [2.24, 2.45) is 5.92 Å². The van der Waals surface area contributed by atoms with Crippen LogP contribution in [0.3, 0.4) is 0 Å². The fourth-order valence-electron chi connectivity index (χ4n) is 4.27. The largest absolute Gasteiger partial charge is 0.336 e. The third kappa shape index (κ3) is 2.15. The predicted octanol–water partition coefficient (Wildman–Crippen LogP) is 2.62. The predicted molar refractivity (Wildman–Crippen MR) is 71.8 cm³/mol. The zero-order chi connectivity index (χ0) is 14.6. The maximum absolute atomic E-state index is 13.0. The van der Waals surface area contributed by atoms with Gasteiger partial charge in [-0.1, -0.05) is 0 Å². The van der Waals surface area contributed by atoms with E-state index in [-0.39, 0.29) is 30.8 Å². The Hall–Kier alpha value is -1.46. The summed E-state index contributed by atoms with van der Waals surface area (Å²) in [5, 5.41) is 4.30. The Morgan fingerprint density at radius 3 is 2.33 bits per heavy atom. The summed E-state index contributed by atoms with van der Waals surface area (Å²) in [4.78, 5) is 14.4. The molecule has 4 rings (SSSR count). The van der Waals surface area contributed by atoms with Crippen molar-refractivity contribution >= 4 is 5.91 Å². The van der Waals surface area contributed by atoms with Crippen LogP contribution >= 0.6 is 0 Å². The van der Waals surface area contributed by atoms with Crippen LogP contribution in [0.15, 0.2) is 18.5 Å². The Balaban J connectivity index is 1.46. The summed E-state index contributed by atoms with van der Waals surface area (Å²) in [5.41, 5.74) is 0. The molecular formula is C15H19F2N3O. The summed E-state index contributed by atoms with van der Waals surface area (Å²) < 4.78 is 28.0. The van der Waals surface area contributed by atoms with Crippen molar-refractivity contribution in [1.82, 2.24) is 14.7 Å². The van der Waals surface area contributed by atoms with Gasteiger partial charge in [-0.15, -0.1) is 0 Å². The van der Waals surface area contributed by atoms with Gasteiger partial charge in [0, 0.05) is 43.2 Å². The fraction of sp³-hybridized carbons (Fsp3) is 0.733. The van der Waals surface area contributed by atoms with Crippen LogP contribution in [0.4, 0.5) is 8.78 Å². The number of hydrogen-bond donors (Lipinski definition) is 0. The van der Waals surface area contributed by atoms with Crippen LogP contribution in [0.1, 0.15) is 44.6 Å². The highest BCUT2D eigenvalue weighted by Gasteiger charge is 2.53. The number of piperidine rings is 1. The molecule has 2 unspecified atom stereocenters. The summed E-state index contributed by atoms with van der Waals surface area (Å²) in [5.74, 6) is -3.11. The van der Waals surface area contributed by atoms with Gasteiger partial charge in [0.25, 0.3) is 0 Å². The van der Waals surface area contributed by atoms with Crippen LogP contribution < -0.4 is 0 Å². The van der Waals surface area contributed by atoms with Crippen LogP contribution in [0, 0.1) is 5.92 Å². The van der Waals surface area contributed by atoms with Gasteiger partial charge in [0.2, 0.25) is 11.8 Å². The minimum Gasteiger partial charge on any atom is -0.336 e. The summed E-state index contributed by atoms with van der Waals surface area (Å²) in [7, 11) is 0. The average molecular weight is 295 g/mol. The Labute approximate surface area is 122 Å². The van der Waals surface area contributed by atoms with Crippen LogP contribution in [0.2, 0.25) is 0 Å². The molecule has 1 aliphatic carbocycles. The van der Waals surface area contributed by atoms with E-state index in [4.69, 9.17) is 0 Å². The lowest BCUT2D eigenvalue weighted by molar-refractivity contribution is -0.164. The number of amides is 1. The van der Waals surface area contributed by atoms with E-state index in [0.717, 1.165) is 25.7 Å². The van der Waals surface area contributed by atoms with Crippen molar-refractivity contribution in [2.75, 3.05) is 0 Å². The number of carbonyl (C=O) groups is 1. The van der Waals surface area contributed by atoms with E-state index < -0.39 is 11.8 Å². The summed E-state index contributed by atoms with van der Waals surface area (Å²) in [6.07, 6.45) is 7.01. The van der Waals surface area contributed by atoms with Crippen LogP contribution in [-0.4, -0.2) is 38.6 Å². The number of carbonyl (C=O) groups excluding carboxylic acids is 1. The number of alkyl halides is 2. The van der Waals surface area contributed by atoms with Crippen LogP contribution in [0.25, 0.3) is 0 Å². The van der Waals surface area contributed by atoms with E-state index in [1.807, 2.05) is 21.8 Å². The van der Waals surface area contributed by atoms with Gasteiger partial charge in [-0.2, -0.15) is 5.10 Å². The van der Waals surface area contributed by atoms with E-state index >= 15 is 0 Å². The molecule has 2 bridgehead atoms. The monoisotopic (exact) mass is 295 g/mol. The molecule has 0 aromatic carbocycles. The van der Waals surface area contributed by atoms with Crippen LogP contribution in [0.5, 0.6) is 0 Å². The van der Waals surface area contributed by atoms with Gasteiger partial charge < -0.3 is 4.90 Å². The zero-order valence-electron chi connectivity index (χ0n) is 11.8. The average Bonchev–Trinajstić information content (AvgIpc) is 3.02. The first-order valence-corrected chi connectivity index (χ1v) is 7.73. The number of aromatic nitrogens is 2. The molecular weight excluding hydrogens is 276 g/mol. The Kier molecular flexibility index (Phi) is 2.84. The van der Waals surface area contributed by atoms with Crippen LogP contribution in [-0.2, 0) is 4.79 Å². The fourth-order valence-corrected chi connectivity index (χ4v) is 4.27. The third-order valence-corrected chi connectivity index (χ3v) is 5.30. The lowest BCUT2D eigenvalue weighted by atomic mass is 9.79. The van der Waals surface area contributed by atoms with E-state index in [9.17, 15) is 13.6 Å². The smallest absolute Gasteiger partial charge is 0.249 e. The molecule has 1 amide bonds. The Morgan fingerprint density at radius 2 is 1.81 bits per heavy atom. The molecule has 2 aliphatic heterocycles. The van der Waals surface area contributed by atoms with E-state index in [1.165, 1.54) is 0 Å². The molecule has 6 heteroatoms. The van der Waals surface area contributed by atoms with Gasteiger partial charge in [-0.25, -0.2) is 8.78 Å². The normalized spacial score (nSPS) is 34.8. The number of fused-ring (bicyclic) bond motifs is 2. The first-order valence-electron chi connectivity index (χ1n) is 7.73. The summed E-state index contributed by atoms with van der Waals surface area (Å²) in [6, 6.07) is 2.67. The van der Waals surface area contributed by atoms with Gasteiger partial charge in [-0.3, -0.25) is 9.48 Å². The number of hydrogen-bond acceptors (Lipinski definition) is 2. The summed E-state index contributed by atoms with van der Waals surface area (Å²) in [6.45, 7) is 0. The Morgan fingerprint density at radius 1 is 1.14 bits per heavy atom. The van der Waals surface area contributed by atoms with Gasteiger partial charge in [0.1, 0.15) is 0 Å². The van der Waals surface area contributed by atoms with E-state index in [0.29, 0.717) is 6.04 Å². The van der Waals surface area contributed by atoms with Gasteiger partial charge in [0.15, 0.2) is 0 Å². The lowest BCUT2D eigenvalue weighted by Crippen LogP contribution is -2.53. The van der Waals surface area contributed by atoms with Gasteiger partial charge in [-0.05, 0) is 31.7 Å². The molecule has 2 atom stereocenters. The summed E-state index contributed by atoms with van der Waals surface area (Å²) >= 11 is 0. The van der Waals surface area contributed by atoms with Gasteiger partial charge in [0.05, 0.1) is 6.04 Å². The first kappa shape index (κ1) is 13.2. The third-order valence-electron chi connectivity index (χ3n) is 5.30. The molecule has 1 aromatic heterocycles. The standard InChI is InChI=1S/C15H19F2N3O/c16-15(17)8-10(9-15)14(21)20-11-2-3-12(20)7-13(6-11)19-5-1-4-18-19/h1,4-5,10-13H,2-3,6-9H2. The second-order valence-electron chi connectivity index (χ2n) is 6.70. The van der Waals surface area contributed by atoms with Crippen molar-refractivity contribution in [3.63, 3.8) is 0 Å². The van der Waals surface area contributed by atoms with Gasteiger partial charge >= 0.3 is 0 Å². The molecule has 21 heavy (non-hydrogen) atoms. The molecule has 4 nitrogen and oxygen atoms in total. The molecule has 0 spiro atoms. The Bertz CT molecular complexity index is 523. The van der Waals surface area contributed by atoms with Crippen molar-refractivity contribution in [3.05, 3.63) is 18.5 Å². The first-order chi connectivity index (χ1) is 10.0. The second kappa shape index (κ2) is 4.52. The van der Waals surface area contributed by atoms with Crippen molar-refractivity contribution in [3.8, 4) is 0 Å². The minimum atomic E-state index is -2.62. The molecule has 0 radical (unpaired) electrons. The van der Waals surface area contributed by atoms with Crippen molar-refractivity contribution in [2.45, 2.75) is 62.6 Å². The molecule has 3 aliphatic rings. The molecule has 3 heterocycles. The molecule has 1 saturated carbocycles. The molecule has 3 fully saturated rings. The topological polar surface area (TPSA) is 38.1 Å². The number of rotatable bonds is 2. The molecule has 0 N–H and O–H groups in total. The van der Waals surface area contributed by atoms with E-state index in [1.54, 1.807) is 6.20 Å². The van der Waals surface area contributed by atoms with Crippen molar-refractivity contribution in [1.29, 1.82) is 0 Å². The lowest BCUT2D eigenvalue weighted by Gasteiger charge is -2.43. The van der Waals surface area contributed by atoms with Crippen molar-refractivity contribution < 1.29 is 13.6 Å². The number of nitrogens with zero attached hydrogens (tertiary/aromatic N) is 3. The maximum Gasteiger partial charge on any atom is 0.249 e. The second-order valence-corrected chi connectivity index (χ2v) is 6.70. The van der Waals surface area contributed by atoms with E-state index in [2.05, 4.69) is 5.10 Å². The molecule has 2 saturated heterocycles. The highest BCUT2D eigenvalue weighted by molar-refractivity contribution is 5.81. The number of halogens is 2. The minimum absolute atomic E-state index is 0.0349. The molecule has 114 valence electrons. The zero-order valence-corrected chi connectivity index (χ0v) is 11.8. The molecule has 1 aromatic rings. The SMILES string of the molecule is O=C(C1CC(F)(F)C1)N1C2CCC1CC(n1cccn1)C2. The maximum atomic E-state index is 13.0. The highest BCUT2D eigenvalue weighted by Crippen LogP contribution is 2.47.